The van der Waals surface area contributed by atoms with E-state index in [1.165, 1.54) is 5.56 Å². The Hall–Kier alpha value is -1.20. The third kappa shape index (κ3) is 1.89. The summed E-state index contributed by atoms with van der Waals surface area (Å²) in [6, 6.07) is 0. The van der Waals surface area contributed by atoms with Gasteiger partial charge in [-0.25, -0.2) is 15.0 Å². The van der Waals surface area contributed by atoms with E-state index in [4.69, 9.17) is 4.84 Å². The van der Waals surface area contributed by atoms with Gasteiger partial charge in [-0.05, 0) is 37.6 Å². The van der Waals surface area contributed by atoms with Crippen molar-refractivity contribution in [2.75, 3.05) is 18.2 Å². The standard InChI is InChI=1S/C12H15N3OS/c1-8-7-17-12-10(8)11(13-9(2)14-12)15-5-3-4-6-16-15/h7H,3-6H2,1-2H3. The lowest BCUT2D eigenvalue weighted by atomic mass is 10.2. The topological polar surface area (TPSA) is 38.2 Å². The molecular formula is C12H15N3OS. The van der Waals surface area contributed by atoms with Crippen LogP contribution in [0.1, 0.15) is 24.2 Å². The van der Waals surface area contributed by atoms with Crippen LogP contribution in [0.2, 0.25) is 0 Å². The molecule has 3 heterocycles. The maximum atomic E-state index is 5.70. The first kappa shape index (κ1) is 10.9. The zero-order chi connectivity index (χ0) is 11.8. The van der Waals surface area contributed by atoms with Crippen LogP contribution in [0.4, 0.5) is 5.82 Å². The summed E-state index contributed by atoms with van der Waals surface area (Å²) in [5.74, 6) is 1.74. The molecule has 0 amide bonds. The van der Waals surface area contributed by atoms with Crippen LogP contribution in [-0.4, -0.2) is 23.1 Å². The summed E-state index contributed by atoms with van der Waals surface area (Å²) in [7, 11) is 0. The molecule has 0 atom stereocenters. The summed E-state index contributed by atoms with van der Waals surface area (Å²) >= 11 is 1.67. The highest BCUT2D eigenvalue weighted by molar-refractivity contribution is 7.17. The third-order valence-corrected chi connectivity index (χ3v) is 3.94. The molecule has 2 aromatic heterocycles. The second-order valence-electron chi connectivity index (χ2n) is 4.34. The Bertz CT molecular complexity index is 546. The second kappa shape index (κ2) is 4.23. The lowest BCUT2D eigenvalue weighted by Gasteiger charge is -2.27. The summed E-state index contributed by atoms with van der Waals surface area (Å²) < 4.78 is 0. The van der Waals surface area contributed by atoms with E-state index in [1.54, 1.807) is 11.3 Å². The van der Waals surface area contributed by atoms with E-state index in [-0.39, 0.29) is 0 Å². The van der Waals surface area contributed by atoms with Crippen LogP contribution in [-0.2, 0) is 4.84 Å². The van der Waals surface area contributed by atoms with E-state index in [2.05, 4.69) is 22.3 Å². The monoisotopic (exact) mass is 249 g/mol. The Kier molecular flexibility index (Phi) is 2.72. The molecule has 0 bridgehead atoms. The SMILES string of the molecule is Cc1nc(N2CCCCO2)c2c(C)csc2n1. The molecule has 5 heteroatoms. The van der Waals surface area contributed by atoms with Gasteiger partial charge < -0.3 is 0 Å². The third-order valence-electron chi connectivity index (χ3n) is 2.95. The van der Waals surface area contributed by atoms with Gasteiger partial charge in [-0.3, -0.25) is 4.84 Å². The molecule has 4 nitrogen and oxygen atoms in total. The summed E-state index contributed by atoms with van der Waals surface area (Å²) in [5.41, 5.74) is 1.23. The van der Waals surface area contributed by atoms with Gasteiger partial charge in [0.15, 0.2) is 5.82 Å². The number of rotatable bonds is 1. The molecule has 1 aliphatic rings. The molecule has 3 rings (SSSR count). The van der Waals surface area contributed by atoms with Crippen LogP contribution in [0.25, 0.3) is 10.2 Å². The van der Waals surface area contributed by atoms with Crippen LogP contribution in [0.3, 0.4) is 0 Å². The fourth-order valence-corrected chi connectivity index (χ4v) is 3.07. The number of hydroxylamine groups is 1. The first-order chi connectivity index (χ1) is 8.25. The molecule has 17 heavy (non-hydrogen) atoms. The van der Waals surface area contributed by atoms with E-state index in [0.717, 1.165) is 47.9 Å². The van der Waals surface area contributed by atoms with Gasteiger partial charge in [0.25, 0.3) is 0 Å². The summed E-state index contributed by atoms with van der Waals surface area (Å²) in [4.78, 5) is 15.8. The molecule has 0 unspecified atom stereocenters. The smallest absolute Gasteiger partial charge is 0.165 e. The number of aromatic nitrogens is 2. The minimum Gasteiger partial charge on any atom is -0.272 e. The van der Waals surface area contributed by atoms with Gasteiger partial charge in [0, 0.05) is 6.54 Å². The van der Waals surface area contributed by atoms with Gasteiger partial charge in [-0.15, -0.1) is 11.3 Å². The number of fused-ring (bicyclic) bond motifs is 1. The lowest BCUT2D eigenvalue weighted by Crippen LogP contribution is -2.31. The van der Waals surface area contributed by atoms with Gasteiger partial charge in [0.2, 0.25) is 0 Å². The van der Waals surface area contributed by atoms with Crippen LogP contribution in [0.15, 0.2) is 5.38 Å². The van der Waals surface area contributed by atoms with Gasteiger partial charge >= 0.3 is 0 Å². The Morgan fingerprint density at radius 2 is 2.18 bits per heavy atom. The van der Waals surface area contributed by atoms with E-state index in [1.807, 2.05) is 12.0 Å². The molecular weight excluding hydrogens is 234 g/mol. The molecule has 2 aromatic rings. The minimum atomic E-state index is 0.785. The van der Waals surface area contributed by atoms with Crippen molar-refractivity contribution in [3.63, 3.8) is 0 Å². The number of aryl methyl sites for hydroxylation is 2. The Morgan fingerprint density at radius 1 is 1.29 bits per heavy atom. The maximum absolute atomic E-state index is 5.70. The zero-order valence-electron chi connectivity index (χ0n) is 10.1. The fourth-order valence-electron chi connectivity index (χ4n) is 2.11. The zero-order valence-corrected chi connectivity index (χ0v) is 10.9. The predicted molar refractivity (Wildman–Crippen MR) is 69.4 cm³/mol. The normalized spacial score (nSPS) is 16.7. The van der Waals surface area contributed by atoms with E-state index in [9.17, 15) is 0 Å². The second-order valence-corrected chi connectivity index (χ2v) is 5.19. The van der Waals surface area contributed by atoms with Crippen LogP contribution in [0, 0.1) is 13.8 Å². The first-order valence-corrected chi connectivity index (χ1v) is 6.76. The lowest BCUT2D eigenvalue weighted by molar-refractivity contribution is 0.0766. The summed E-state index contributed by atoms with van der Waals surface area (Å²) in [5, 5.41) is 5.20. The van der Waals surface area contributed by atoms with E-state index in [0.29, 0.717) is 0 Å². The first-order valence-electron chi connectivity index (χ1n) is 5.88. The largest absolute Gasteiger partial charge is 0.272 e. The van der Waals surface area contributed by atoms with Crippen molar-refractivity contribution in [2.45, 2.75) is 26.7 Å². The molecule has 0 spiro atoms. The summed E-state index contributed by atoms with van der Waals surface area (Å²) in [6.45, 7) is 5.74. The van der Waals surface area contributed by atoms with Crippen LogP contribution in [0.5, 0.6) is 0 Å². The number of anilines is 1. The predicted octanol–water partition coefficient (Wildman–Crippen LogP) is 2.84. The molecule has 1 aliphatic heterocycles. The molecule has 1 fully saturated rings. The average Bonchev–Trinajstić information content (AvgIpc) is 2.71. The van der Waals surface area contributed by atoms with Crippen LogP contribution < -0.4 is 5.06 Å². The van der Waals surface area contributed by atoms with Crippen molar-refractivity contribution >= 4 is 27.4 Å². The quantitative estimate of drug-likeness (QED) is 0.779. The molecule has 0 saturated carbocycles. The molecule has 1 saturated heterocycles. The Balaban J connectivity index is 2.15. The van der Waals surface area contributed by atoms with Crippen molar-refractivity contribution in [1.82, 2.24) is 9.97 Å². The molecule has 0 N–H and O–H groups in total. The number of hydrogen-bond donors (Lipinski definition) is 0. The van der Waals surface area contributed by atoms with Gasteiger partial charge in [0.1, 0.15) is 10.7 Å². The fraction of sp³-hybridized carbons (Fsp3) is 0.500. The Labute approximate surface area is 104 Å². The molecule has 0 radical (unpaired) electrons. The number of thiophene rings is 1. The number of nitrogens with zero attached hydrogens (tertiary/aromatic N) is 3. The molecule has 90 valence electrons. The van der Waals surface area contributed by atoms with Crippen molar-refractivity contribution in [2.24, 2.45) is 0 Å². The minimum absolute atomic E-state index is 0.785. The van der Waals surface area contributed by atoms with Gasteiger partial charge in [0.05, 0.1) is 12.0 Å². The van der Waals surface area contributed by atoms with E-state index >= 15 is 0 Å². The number of hydrogen-bond acceptors (Lipinski definition) is 5. The van der Waals surface area contributed by atoms with Crippen LogP contribution >= 0.6 is 11.3 Å². The summed E-state index contributed by atoms with van der Waals surface area (Å²) in [6.07, 6.45) is 2.29. The van der Waals surface area contributed by atoms with Crippen molar-refractivity contribution in [3.05, 3.63) is 16.8 Å². The highest BCUT2D eigenvalue weighted by Crippen LogP contribution is 2.32. The molecule has 0 aromatic carbocycles. The van der Waals surface area contributed by atoms with Crippen molar-refractivity contribution < 1.29 is 4.84 Å². The molecule has 0 aliphatic carbocycles. The highest BCUT2D eigenvalue weighted by Gasteiger charge is 2.19. The van der Waals surface area contributed by atoms with Gasteiger partial charge in [-0.1, -0.05) is 0 Å². The highest BCUT2D eigenvalue weighted by atomic mass is 32.1. The maximum Gasteiger partial charge on any atom is 0.165 e. The Morgan fingerprint density at radius 3 is 2.94 bits per heavy atom. The van der Waals surface area contributed by atoms with Gasteiger partial charge in [-0.2, -0.15) is 0 Å². The van der Waals surface area contributed by atoms with Crippen molar-refractivity contribution in [3.8, 4) is 0 Å². The average molecular weight is 249 g/mol. The van der Waals surface area contributed by atoms with Crippen molar-refractivity contribution in [1.29, 1.82) is 0 Å². The van der Waals surface area contributed by atoms with E-state index < -0.39 is 0 Å².